The number of fused-ring (bicyclic) bond motifs is 1. The lowest BCUT2D eigenvalue weighted by Gasteiger charge is -2.00. The zero-order valence-electron chi connectivity index (χ0n) is 10.7. The molecule has 0 bridgehead atoms. The summed E-state index contributed by atoms with van der Waals surface area (Å²) in [5.41, 5.74) is 3.81. The van der Waals surface area contributed by atoms with Crippen molar-refractivity contribution in [2.45, 2.75) is 6.92 Å². The fraction of sp³-hybridized carbons (Fsp3) is 0.133. The van der Waals surface area contributed by atoms with Crippen LogP contribution in [0.5, 0.6) is 5.75 Å². The standard InChI is InChI=1S/C15H13ClN2O/c1-10-8-11(5-6-12(10)16)13-9-18-7-3-4-14(19-2)15(18)17-13/h3-9H,1-2H3. The van der Waals surface area contributed by atoms with E-state index in [-0.39, 0.29) is 0 Å². The van der Waals surface area contributed by atoms with Gasteiger partial charge < -0.3 is 9.14 Å². The number of aromatic nitrogens is 2. The Bertz CT molecular complexity index is 749. The van der Waals surface area contributed by atoms with E-state index < -0.39 is 0 Å². The second-order valence-corrected chi connectivity index (χ2v) is 4.80. The Morgan fingerprint density at radius 1 is 1.26 bits per heavy atom. The Balaban J connectivity index is 2.17. The zero-order valence-corrected chi connectivity index (χ0v) is 11.5. The minimum Gasteiger partial charge on any atom is -0.493 e. The smallest absolute Gasteiger partial charge is 0.180 e. The summed E-state index contributed by atoms with van der Waals surface area (Å²) in [6.45, 7) is 1.99. The van der Waals surface area contributed by atoms with Crippen molar-refractivity contribution in [3.05, 3.63) is 53.3 Å². The van der Waals surface area contributed by atoms with E-state index in [1.165, 1.54) is 0 Å². The largest absolute Gasteiger partial charge is 0.493 e. The van der Waals surface area contributed by atoms with Gasteiger partial charge in [0, 0.05) is 23.0 Å². The van der Waals surface area contributed by atoms with Gasteiger partial charge in [-0.3, -0.25) is 0 Å². The van der Waals surface area contributed by atoms with Crippen LogP contribution in [0.15, 0.2) is 42.7 Å². The summed E-state index contributed by atoms with van der Waals surface area (Å²) in [5.74, 6) is 0.763. The molecular formula is C15H13ClN2O. The SMILES string of the molecule is COc1cccn2cc(-c3ccc(Cl)c(C)c3)nc12. The van der Waals surface area contributed by atoms with E-state index in [2.05, 4.69) is 4.98 Å². The predicted octanol–water partition coefficient (Wildman–Crippen LogP) is 3.97. The first-order chi connectivity index (χ1) is 9.19. The van der Waals surface area contributed by atoms with Crippen LogP contribution in [0.2, 0.25) is 5.02 Å². The van der Waals surface area contributed by atoms with Crippen molar-refractivity contribution in [1.82, 2.24) is 9.38 Å². The first-order valence-corrected chi connectivity index (χ1v) is 6.35. The van der Waals surface area contributed by atoms with E-state index in [0.717, 1.165) is 33.2 Å². The minimum absolute atomic E-state index is 0.763. The molecule has 0 aliphatic carbocycles. The molecule has 0 saturated carbocycles. The molecule has 96 valence electrons. The summed E-state index contributed by atoms with van der Waals surface area (Å²) < 4.78 is 7.27. The number of aryl methyl sites for hydroxylation is 1. The van der Waals surface area contributed by atoms with E-state index in [9.17, 15) is 0 Å². The number of hydrogen-bond donors (Lipinski definition) is 0. The van der Waals surface area contributed by atoms with Crippen LogP contribution in [-0.2, 0) is 0 Å². The molecule has 0 spiro atoms. The summed E-state index contributed by atoms with van der Waals surface area (Å²) in [7, 11) is 1.65. The molecule has 2 aromatic heterocycles. The number of hydrogen-bond acceptors (Lipinski definition) is 2. The first kappa shape index (κ1) is 12.1. The topological polar surface area (TPSA) is 26.5 Å². The highest BCUT2D eigenvalue weighted by Crippen LogP contribution is 2.26. The molecule has 2 heterocycles. The quantitative estimate of drug-likeness (QED) is 0.706. The van der Waals surface area contributed by atoms with Gasteiger partial charge in [0.25, 0.3) is 0 Å². The molecule has 3 aromatic rings. The van der Waals surface area contributed by atoms with E-state index in [0.29, 0.717) is 0 Å². The van der Waals surface area contributed by atoms with Gasteiger partial charge in [-0.2, -0.15) is 0 Å². The van der Waals surface area contributed by atoms with Crippen LogP contribution >= 0.6 is 11.6 Å². The van der Waals surface area contributed by atoms with Gasteiger partial charge in [0.05, 0.1) is 12.8 Å². The molecular weight excluding hydrogens is 260 g/mol. The van der Waals surface area contributed by atoms with Gasteiger partial charge in [-0.05, 0) is 36.8 Å². The van der Waals surface area contributed by atoms with E-state index in [4.69, 9.17) is 16.3 Å². The van der Waals surface area contributed by atoms with E-state index >= 15 is 0 Å². The molecule has 0 fully saturated rings. The van der Waals surface area contributed by atoms with Crippen LogP contribution in [0.3, 0.4) is 0 Å². The third-order valence-corrected chi connectivity index (χ3v) is 3.54. The van der Waals surface area contributed by atoms with Crippen molar-refractivity contribution in [1.29, 1.82) is 0 Å². The predicted molar refractivity (Wildman–Crippen MR) is 76.9 cm³/mol. The molecule has 19 heavy (non-hydrogen) atoms. The fourth-order valence-corrected chi connectivity index (χ4v) is 2.21. The molecule has 0 aliphatic heterocycles. The highest BCUT2D eigenvalue weighted by atomic mass is 35.5. The summed E-state index contributed by atoms with van der Waals surface area (Å²) in [5, 5.41) is 0.769. The van der Waals surface area contributed by atoms with Gasteiger partial charge in [0.2, 0.25) is 0 Å². The van der Waals surface area contributed by atoms with Crippen LogP contribution in [-0.4, -0.2) is 16.5 Å². The molecule has 0 N–H and O–H groups in total. The summed E-state index contributed by atoms with van der Waals surface area (Å²) in [6.07, 6.45) is 3.94. The lowest BCUT2D eigenvalue weighted by molar-refractivity contribution is 0.417. The molecule has 3 nitrogen and oxygen atoms in total. The van der Waals surface area contributed by atoms with Crippen molar-refractivity contribution in [2.75, 3.05) is 7.11 Å². The molecule has 0 amide bonds. The molecule has 0 aliphatic rings. The van der Waals surface area contributed by atoms with Crippen molar-refractivity contribution in [3.8, 4) is 17.0 Å². The molecule has 0 atom stereocenters. The number of halogens is 1. The van der Waals surface area contributed by atoms with Crippen LogP contribution in [0.1, 0.15) is 5.56 Å². The third-order valence-electron chi connectivity index (χ3n) is 3.12. The number of pyridine rings is 1. The minimum atomic E-state index is 0.763. The number of imidazole rings is 1. The highest BCUT2D eigenvalue weighted by molar-refractivity contribution is 6.31. The second kappa shape index (κ2) is 4.59. The molecule has 0 radical (unpaired) electrons. The Morgan fingerprint density at radius 3 is 2.84 bits per heavy atom. The number of benzene rings is 1. The Kier molecular flexibility index (Phi) is 2.91. The van der Waals surface area contributed by atoms with Crippen molar-refractivity contribution >= 4 is 17.2 Å². The van der Waals surface area contributed by atoms with E-state index in [1.807, 2.05) is 54.0 Å². The molecule has 0 unspecified atom stereocenters. The van der Waals surface area contributed by atoms with Gasteiger partial charge in [-0.25, -0.2) is 4.98 Å². The first-order valence-electron chi connectivity index (χ1n) is 5.97. The van der Waals surface area contributed by atoms with E-state index in [1.54, 1.807) is 7.11 Å². The van der Waals surface area contributed by atoms with Crippen molar-refractivity contribution in [2.24, 2.45) is 0 Å². The number of rotatable bonds is 2. The fourth-order valence-electron chi connectivity index (χ4n) is 2.09. The molecule has 3 rings (SSSR count). The van der Waals surface area contributed by atoms with Crippen LogP contribution in [0.25, 0.3) is 16.9 Å². The highest BCUT2D eigenvalue weighted by Gasteiger charge is 2.09. The lowest BCUT2D eigenvalue weighted by atomic mass is 10.1. The molecule has 0 saturated heterocycles. The Labute approximate surface area is 116 Å². The van der Waals surface area contributed by atoms with Gasteiger partial charge in [0.15, 0.2) is 11.4 Å². The van der Waals surface area contributed by atoms with Gasteiger partial charge in [-0.15, -0.1) is 0 Å². The van der Waals surface area contributed by atoms with Crippen LogP contribution in [0, 0.1) is 6.92 Å². The van der Waals surface area contributed by atoms with Gasteiger partial charge in [-0.1, -0.05) is 17.7 Å². The van der Waals surface area contributed by atoms with Crippen LogP contribution in [0.4, 0.5) is 0 Å². The Hall–Kier alpha value is -2.00. The normalized spacial score (nSPS) is 10.9. The maximum atomic E-state index is 6.05. The lowest BCUT2D eigenvalue weighted by Crippen LogP contribution is -1.88. The Morgan fingerprint density at radius 2 is 2.11 bits per heavy atom. The summed E-state index contributed by atoms with van der Waals surface area (Å²) in [4.78, 5) is 4.62. The maximum absolute atomic E-state index is 6.05. The summed E-state index contributed by atoms with van der Waals surface area (Å²) in [6, 6.07) is 9.75. The van der Waals surface area contributed by atoms with Crippen molar-refractivity contribution in [3.63, 3.8) is 0 Å². The van der Waals surface area contributed by atoms with Crippen molar-refractivity contribution < 1.29 is 4.74 Å². The molecule has 1 aromatic carbocycles. The zero-order chi connectivity index (χ0) is 13.4. The number of nitrogens with zero attached hydrogens (tertiary/aromatic N) is 2. The van der Waals surface area contributed by atoms with Gasteiger partial charge in [0.1, 0.15) is 0 Å². The van der Waals surface area contributed by atoms with Crippen LogP contribution < -0.4 is 4.74 Å². The van der Waals surface area contributed by atoms with Gasteiger partial charge >= 0.3 is 0 Å². The third kappa shape index (κ3) is 2.06. The number of ether oxygens (including phenoxy) is 1. The second-order valence-electron chi connectivity index (χ2n) is 4.40. The summed E-state index contributed by atoms with van der Waals surface area (Å²) >= 11 is 6.05. The monoisotopic (exact) mass is 272 g/mol. The number of methoxy groups -OCH3 is 1. The average Bonchev–Trinajstić information content (AvgIpc) is 2.85. The molecule has 4 heteroatoms. The average molecular weight is 273 g/mol. The maximum Gasteiger partial charge on any atom is 0.180 e.